The van der Waals surface area contributed by atoms with Gasteiger partial charge in [0, 0.05) is 24.2 Å². The smallest absolute Gasteiger partial charge is 0.251 e. The van der Waals surface area contributed by atoms with Gasteiger partial charge in [0.15, 0.2) is 0 Å². The summed E-state index contributed by atoms with van der Waals surface area (Å²) in [6.45, 7) is 3.84. The van der Waals surface area contributed by atoms with Crippen LogP contribution in [-0.2, 0) is 0 Å². The van der Waals surface area contributed by atoms with E-state index in [0.29, 0.717) is 12.1 Å². The van der Waals surface area contributed by atoms with E-state index in [0.717, 1.165) is 64.3 Å². The van der Waals surface area contributed by atoms with Crippen LogP contribution < -0.4 is 11.1 Å². The lowest BCUT2D eigenvalue weighted by atomic mass is 9.99. The Kier molecular flexibility index (Phi) is 4.97. The van der Waals surface area contributed by atoms with Crippen molar-refractivity contribution in [2.75, 3.05) is 26.2 Å². The number of rotatable bonds is 5. The number of aromatic nitrogens is 2. The fourth-order valence-electron chi connectivity index (χ4n) is 5.20. The van der Waals surface area contributed by atoms with E-state index >= 15 is 0 Å². The van der Waals surface area contributed by atoms with Gasteiger partial charge < -0.3 is 20.9 Å². The molecule has 166 valence electrons. The number of nitrogens with one attached hydrogen (secondary N) is 2. The number of carbonyl (C=O) groups excluding carboxylic acids is 1. The van der Waals surface area contributed by atoms with Gasteiger partial charge >= 0.3 is 0 Å². The molecule has 4 N–H and O–H groups in total. The molecule has 1 saturated heterocycles. The Hall–Kier alpha value is -3.48. The van der Waals surface area contributed by atoms with Gasteiger partial charge in [0.1, 0.15) is 5.82 Å². The summed E-state index contributed by atoms with van der Waals surface area (Å²) < 4.78 is 0. The van der Waals surface area contributed by atoms with Gasteiger partial charge in [-0.05, 0) is 66.4 Å². The van der Waals surface area contributed by atoms with E-state index in [1.807, 2.05) is 36.4 Å². The lowest BCUT2D eigenvalue weighted by Gasteiger charge is -2.14. The summed E-state index contributed by atoms with van der Waals surface area (Å²) in [5, 5.41) is 3.05. The second kappa shape index (κ2) is 8.14. The van der Waals surface area contributed by atoms with Crippen molar-refractivity contribution >= 4 is 16.9 Å². The molecule has 0 radical (unpaired) electrons. The number of fused-ring (bicyclic) bond motifs is 4. The number of amides is 1. The fraction of sp³-hybridized carbons (Fsp3) is 0.259. The average molecular weight is 438 g/mol. The summed E-state index contributed by atoms with van der Waals surface area (Å²) in [7, 11) is 0. The van der Waals surface area contributed by atoms with E-state index in [1.54, 1.807) is 0 Å². The number of nitrogens with two attached hydrogens (primary N) is 1. The monoisotopic (exact) mass is 437 g/mol. The minimum absolute atomic E-state index is 0.0545. The van der Waals surface area contributed by atoms with Crippen LogP contribution in [0.5, 0.6) is 0 Å². The van der Waals surface area contributed by atoms with Crippen LogP contribution in [0.15, 0.2) is 60.7 Å². The second-order valence-electron chi connectivity index (χ2n) is 8.96. The standard InChI is InChI=1S/C27H27N5O/c28-25-19-7-2-1-6-18(19)24-20(25)8-5-9-21(24)26-30-22-11-10-17(16-23(22)31-26)27(33)29-12-15-32-13-3-4-14-32/h1-2,5-11,16,25H,3-4,12-15,28H2,(H,29,33)(H,30,31)/t25-/m1/s1. The number of nitrogens with zero attached hydrogens (tertiary/aromatic N) is 2. The highest BCUT2D eigenvalue weighted by Crippen LogP contribution is 2.46. The molecule has 1 amide bonds. The minimum Gasteiger partial charge on any atom is -0.351 e. The van der Waals surface area contributed by atoms with Crippen LogP contribution in [0.25, 0.3) is 33.5 Å². The average Bonchev–Trinajstić information content (AvgIpc) is 3.57. The molecule has 3 aromatic carbocycles. The summed E-state index contributed by atoms with van der Waals surface area (Å²) in [4.78, 5) is 23.4. The third-order valence-corrected chi connectivity index (χ3v) is 6.91. The first kappa shape index (κ1) is 20.1. The van der Waals surface area contributed by atoms with Crippen LogP contribution in [-0.4, -0.2) is 47.0 Å². The minimum atomic E-state index is -0.128. The van der Waals surface area contributed by atoms with Crippen molar-refractivity contribution < 1.29 is 4.79 Å². The summed E-state index contributed by atoms with van der Waals surface area (Å²) in [6, 6.07) is 20.0. The Bertz CT molecular complexity index is 1350. The zero-order valence-corrected chi connectivity index (χ0v) is 18.5. The van der Waals surface area contributed by atoms with E-state index in [-0.39, 0.29) is 11.9 Å². The first-order valence-electron chi connectivity index (χ1n) is 11.7. The van der Waals surface area contributed by atoms with Gasteiger partial charge in [-0.2, -0.15) is 0 Å². The normalized spacial score (nSPS) is 17.3. The summed E-state index contributed by atoms with van der Waals surface area (Å²) >= 11 is 0. The number of carbonyl (C=O) groups is 1. The van der Waals surface area contributed by atoms with Gasteiger partial charge in [0.2, 0.25) is 0 Å². The van der Waals surface area contributed by atoms with Crippen LogP contribution >= 0.6 is 0 Å². The molecule has 6 rings (SSSR count). The van der Waals surface area contributed by atoms with Crippen LogP contribution in [0.4, 0.5) is 0 Å². The van der Waals surface area contributed by atoms with E-state index in [4.69, 9.17) is 10.7 Å². The highest BCUT2D eigenvalue weighted by Gasteiger charge is 2.28. The third kappa shape index (κ3) is 3.52. The molecule has 0 bridgehead atoms. The Balaban J connectivity index is 1.29. The molecule has 1 aliphatic heterocycles. The van der Waals surface area contributed by atoms with Gasteiger partial charge in [-0.1, -0.05) is 42.5 Å². The molecule has 33 heavy (non-hydrogen) atoms. The molecule has 1 fully saturated rings. The van der Waals surface area contributed by atoms with Crippen molar-refractivity contribution in [2.45, 2.75) is 18.9 Å². The van der Waals surface area contributed by atoms with E-state index in [9.17, 15) is 4.79 Å². The zero-order chi connectivity index (χ0) is 22.4. The van der Waals surface area contributed by atoms with Gasteiger partial charge in [0.05, 0.1) is 17.1 Å². The SMILES string of the molecule is N[C@@H]1c2ccccc2-c2c(-c3nc4cc(C(=O)NCCN5CCCC5)ccc4[nH]3)cccc21. The quantitative estimate of drug-likeness (QED) is 0.439. The van der Waals surface area contributed by atoms with Crippen molar-refractivity contribution in [1.29, 1.82) is 0 Å². The number of H-pyrrole nitrogens is 1. The highest BCUT2D eigenvalue weighted by atomic mass is 16.1. The fourth-order valence-corrected chi connectivity index (χ4v) is 5.20. The highest BCUT2D eigenvalue weighted by molar-refractivity contribution is 5.98. The number of imidazole rings is 1. The Morgan fingerprint density at radius 3 is 2.70 bits per heavy atom. The maximum atomic E-state index is 12.7. The number of aromatic amines is 1. The molecule has 0 spiro atoms. The van der Waals surface area contributed by atoms with Crippen LogP contribution in [0.1, 0.15) is 40.4 Å². The maximum Gasteiger partial charge on any atom is 0.251 e. The molecule has 2 aliphatic rings. The maximum absolute atomic E-state index is 12.7. The zero-order valence-electron chi connectivity index (χ0n) is 18.5. The van der Waals surface area contributed by atoms with Crippen molar-refractivity contribution in [3.63, 3.8) is 0 Å². The van der Waals surface area contributed by atoms with E-state index in [2.05, 4.69) is 39.5 Å². The molecular formula is C27H27N5O. The van der Waals surface area contributed by atoms with Crippen molar-refractivity contribution in [1.82, 2.24) is 20.2 Å². The van der Waals surface area contributed by atoms with Crippen LogP contribution in [0.3, 0.4) is 0 Å². The van der Waals surface area contributed by atoms with E-state index in [1.165, 1.54) is 12.8 Å². The predicted octanol–water partition coefficient (Wildman–Crippen LogP) is 4.08. The Morgan fingerprint density at radius 1 is 1.03 bits per heavy atom. The molecule has 0 unspecified atom stereocenters. The second-order valence-corrected chi connectivity index (χ2v) is 8.96. The number of benzene rings is 3. The van der Waals surface area contributed by atoms with Gasteiger partial charge in [-0.3, -0.25) is 4.79 Å². The lowest BCUT2D eigenvalue weighted by Crippen LogP contribution is -2.33. The summed E-state index contributed by atoms with van der Waals surface area (Å²) in [6.07, 6.45) is 2.52. The van der Waals surface area contributed by atoms with Crippen LogP contribution in [0, 0.1) is 0 Å². The largest absolute Gasteiger partial charge is 0.351 e. The van der Waals surface area contributed by atoms with Gasteiger partial charge in [-0.15, -0.1) is 0 Å². The third-order valence-electron chi connectivity index (χ3n) is 6.91. The molecular weight excluding hydrogens is 410 g/mol. The number of likely N-dealkylation sites (tertiary alicyclic amines) is 1. The van der Waals surface area contributed by atoms with Crippen LogP contribution in [0.2, 0.25) is 0 Å². The molecule has 4 aromatic rings. The van der Waals surface area contributed by atoms with Gasteiger partial charge in [0.25, 0.3) is 5.91 Å². The molecule has 1 aromatic heterocycles. The Morgan fingerprint density at radius 2 is 1.82 bits per heavy atom. The first-order valence-corrected chi connectivity index (χ1v) is 11.7. The Labute approximate surface area is 192 Å². The molecule has 1 aliphatic carbocycles. The molecule has 0 saturated carbocycles. The molecule has 1 atom stereocenters. The topological polar surface area (TPSA) is 87.0 Å². The number of hydrogen-bond acceptors (Lipinski definition) is 4. The lowest BCUT2D eigenvalue weighted by molar-refractivity contribution is 0.0950. The van der Waals surface area contributed by atoms with Crippen molar-refractivity contribution in [3.8, 4) is 22.5 Å². The molecule has 2 heterocycles. The van der Waals surface area contributed by atoms with E-state index < -0.39 is 0 Å². The van der Waals surface area contributed by atoms with Crippen molar-refractivity contribution in [2.24, 2.45) is 5.73 Å². The van der Waals surface area contributed by atoms with Crippen molar-refractivity contribution in [3.05, 3.63) is 77.4 Å². The predicted molar refractivity (Wildman–Crippen MR) is 131 cm³/mol. The van der Waals surface area contributed by atoms with Gasteiger partial charge in [-0.25, -0.2) is 4.98 Å². The molecule has 6 nitrogen and oxygen atoms in total. The first-order chi connectivity index (χ1) is 16.2. The summed E-state index contributed by atoms with van der Waals surface area (Å²) in [5.41, 5.74) is 14.4. The summed E-state index contributed by atoms with van der Waals surface area (Å²) in [5.74, 6) is 0.735. The number of hydrogen-bond donors (Lipinski definition) is 3. The molecule has 6 heteroatoms.